The van der Waals surface area contributed by atoms with Crippen molar-refractivity contribution in [1.82, 2.24) is 0 Å². The maximum Gasteiger partial charge on any atom is 0.135 e. The van der Waals surface area contributed by atoms with Crippen molar-refractivity contribution in [1.29, 1.82) is 0 Å². The van der Waals surface area contributed by atoms with E-state index < -0.39 is 0 Å². The molecule has 1 aromatic rings. The second-order valence-electron chi connectivity index (χ2n) is 2.64. The van der Waals surface area contributed by atoms with E-state index in [0.717, 1.165) is 26.9 Å². The van der Waals surface area contributed by atoms with Crippen molar-refractivity contribution in [2.45, 2.75) is 0 Å². The molecule has 1 N–H and O–H groups in total. The SMILES string of the molecule is C=CCNc1cc(OC)c(Br)cc1Br. The quantitative estimate of drug-likeness (QED) is 0.852. The maximum atomic E-state index is 5.19. The third-order valence-electron chi connectivity index (χ3n) is 1.68. The molecule has 0 aliphatic carbocycles. The fourth-order valence-corrected chi connectivity index (χ4v) is 2.30. The van der Waals surface area contributed by atoms with Gasteiger partial charge >= 0.3 is 0 Å². The van der Waals surface area contributed by atoms with Crippen LogP contribution in [0.15, 0.2) is 33.7 Å². The first-order valence-corrected chi connectivity index (χ1v) is 5.65. The lowest BCUT2D eigenvalue weighted by Gasteiger charge is -2.10. The van der Waals surface area contributed by atoms with Gasteiger partial charge in [0.05, 0.1) is 17.3 Å². The minimum atomic E-state index is 0.726. The standard InChI is InChI=1S/C10H11Br2NO/c1-3-4-13-9-6-10(14-2)8(12)5-7(9)11/h3,5-6,13H,1,4H2,2H3. The van der Waals surface area contributed by atoms with Crippen molar-refractivity contribution >= 4 is 37.5 Å². The van der Waals surface area contributed by atoms with Gasteiger partial charge < -0.3 is 10.1 Å². The number of halogens is 2. The summed E-state index contributed by atoms with van der Waals surface area (Å²) in [4.78, 5) is 0. The summed E-state index contributed by atoms with van der Waals surface area (Å²) >= 11 is 6.86. The number of benzene rings is 1. The van der Waals surface area contributed by atoms with Crippen LogP contribution in [0.3, 0.4) is 0 Å². The van der Waals surface area contributed by atoms with E-state index in [1.165, 1.54) is 0 Å². The average Bonchev–Trinajstić information content (AvgIpc) is 2.17. The topological polar surface area (TPSA) is 21.3 Å². The molecule has 0 heterocycles. The molecule has 0 amide bonds. The average molecular weight is 321 g/mol. The zero-order chi connectivity index (χ0) is 10.6. The minimum absolute atomic E-state index is 0.726. The number of hydrogen-bond acceptors (Lipinski definition) is 2. The highest BCUT2D eigenvalue weighted by Crippen LogP contribution is 2.34. The van der Waals surface area contributed by atoms with Crippen LogP contribution in [-0.4, -0.2) is 13.7 Å². The van der Waals surface area contributed by atoms with Gasteiger partial charge in [0.25, 0.3) is 0 Å². The first kappa shape index (κ1) is 11.6. The highest BCUT2D eigenvalue weighted by atomic mass is 79.9. The Balaban J connectivity index is 2.98. The minimum Gasteiger partial charge on any atom is -0.495 e. The Kier molecular flexibility index (Phi) is 4.48. The van der Waals surface area contributed by atoms with Crippen LogP contribution in [0.1, 0.15) is 0 Å². The molecule has 0 aromatic heterocycles. The van der Waals surface area contributed by atoms with Crippen molar-refractivity contribution in [2.75, 3.05) is 19.0 Å². The molecule has 0 saturated carbocycles. The Morgan fingerprint density at radius 3 is 2.71 bits per heavy atom. The molecule has 0 aliphatic heterocycles. The summed E-state index contributed by atoms with van der Waals surface area (Å²) in [6.07, 6.45) is 1.81. The van der Waals surface area contributed by atoms with Crippen molar-refractivity contribution in [2.24, 2.45) is 0 Å². The largest absolute Gasteiger partial charge is 0.495 e. The monoisotopic (exact) mass is 319 g/mol. The van der Waals surface area contributed by atoms with Crippen LogP contribution in [0, 0.1) is 0 Å². The van der Waals surface area contributed by atoms with Crippen LogP contribution < -0.4 is 10.1 Å². The molecule has 0 atom stereocenters. The number of rotatable bonds is 4. The highest BCUT2D eigenvalue weighted by Gasteiger charge is 2.05. The first-order valence-electron chi connectivity index (χ1n) is 4.07. The molecule has 1 aromatic carbocycles. The van der Waals surface area contributed by atoms with Crippen molar-refractivity contribution in [3.05, 3.63) is 33.7 Å². The summed E-state index contributed by atoms with van der Waals surface area (Å²) in [5, 5.41) is 3.20. The molecule has 0 unspecified atom stereocenters. The summed E-state index contributed by atoms with van der Waals surface area (Å²) < 4.78 is 7.11. The Labute approximate surface area is 101 Å². The van der Waals surface area contributed by atoms with Crippen molar-refractivity contribution in [3.63, 3.8) is 0 Å². The zero-order valence-corrected chi connectivity index (χ0v) is 11.0. The van der Waals surface area contributed by atoms with E-state index in [2.05, 4.69) is 43.8 Å². The summed E-state index contributed by atoms with van der Waals surface area (Å²) in [5.41, 5.74) is 0.991. The molecule has 76 valence electrons. The molecule has 14 heavy (non-hydrogen) atoms. The predicted octanol–water partition coefficient (Wildman–Crippen LogP) is 3.82. The lowest BCUT2D eigenvalue weighted by Crippen LogP contribution is -1.99. The molecule has 0 fully saturated rings. The Hall–Kier alpha value is -0.480. The summed E-state index contributed by atoms with van der Waals surface area (Å²) in [7, 11) is 1.64. The van der Waals surface area contributed by atoms with Crippen LogP contribution in [0.5, 0.6) is 5.75 Å². The number of nitrogens with one attached hydrogen (secondary N) is 1. The summed E-state index contributed by atoms with van der Waals surface area (Å²) in [6.45, 7) is 4.37. The lowest BCUT2D eigenvalue weighted by molar-refractivity contribution is 0.412. The Bertz CT molecular complexity index is 339. The van der Waals surface area contributed by atoms with E-state index in [1.54, 1.807) is 13.2 Å². The third-order valence-corrected chi connectivity index (χ3v) is 2.95. The zero-order valence-electron chi connectivity index (χ0n) is 7.81. The molecule has 0 spiro atoms. The van der Waals surface area contributed by atoms with Crippen molar-refractivity contribution < 1.29 is 4.74 Å². The van der Waals surface area contributed by atoms with E-state index in [0.29, 0.717) is 0 Å². The van der Waals surface area contributed by atoms with Gasteiger partial charge in [-0.25, -0.2) is 0 Å². The molecular formula is C10H11Br2NO. The number of hydrogen-bond donors (Lipinski definition) is 1. The number of anilines is 1. The van der Waals surface area contributed by atoms with Gasteiger partial charge in [-0.05, 0) is 37.9 Å². The fraction of sp³-hybridized carbons (Fsp3) is 0.200. The molecule has 2 nitrogen and oxygen atoms in total. The van der Waals surface area contributed by atoms with E-state index in [9.17, 15) is 0 Å². The van der Waals surface area contributed by atoms with Gasteiger partial charge in [-0.1, -0.05) is 6.08 Å². The third kappa shape index (κ3) is 2.75. The molecular weight excluding hydrogens is 310 g/mol. The molecule has 4 heteroatoms. The van der Waals surface area contributed by atoms with Crippen LogP contribution in [-0.2, 0) is 0 Å². The van der Waals surface area contributed by atoms with E-state index in [-0.39, 0.29) is 0 Å². The summed E-state index contributed by atoms with van der Waals surface area (Å²) in [5.74, 6) is 0.805. The van der Waals surface area contributed by atoms with E-state index >= 15 is 0 Å². The van der Waals surface area contributed by atoms with Crippen LogP contribution in [0.4, 0.5) is 5.69 Å². The van der Waals surface area contributed by atoms with Gasteiger partial charge in [0.1, 0.15) is 5.75 Å². The number of methoxy groups -OCH3 is 1. The van der Waals surface area contributed by atoms with E-state index in [1.807, 2.05) is 12.1 Å². The molecule has 1 rings (SSSR count). The first-order chi connectivity index (χ1) is 6.69. The smallest absolute Gasteiger partial charge is 0.135 e. The van der Waals surface area contributed by atoms with Crippen LogP contribution in [0.2, 0.25) is 0 Å². The van der Waals surface area contributed by atoms with Gasteiger partial charge in [0.15, 0.2) is 0 Å². The highest BCUT2D eigenvalue weighted by molar-refractivity contribution is 9.11. The Morgan fingerprint density at radius 2 is 2.14 bits per heavy atom. The number of ether oxygens (including phenoxy) is 1. The fourth-order valence-electron chi connectivity index (χ4n) is 1.00. The van der Waals surface area contributed by atoms with Gasteiger partial charge in [-0.3, -0.25) is 0 Å². The lowest BCUT2D eigenvalue weighted by atomic mass is 10.3. The van der Waals surface area contributed by atoms with Crippen LogP contribution in [0.25, 0.3) is 0 Å². The molecule has 0 saturated heterocycles. The molecule has 0 bridgehead atoms. The van der Waals surface area contributed by atoms with Gasteiger partial charge in [-0.2, -0.15) is 0 Å². The normalized spacial score (nSPS) is 9.64. The Morgan fingerprint density at radius 1 is 1.43 bits per heavy atom. The van der Waals surface area contributed by atoms with E-state index in [4.69, 9.17) is 4.74 Å². The predicted molar refractivity (Wildman–Crippen MR) is 67.1 cm³/mol. The van der Waals surface area contributed by atoms with Crippen molar-refractivity contribution in [3.8, 4) is 5.75 Å². The van der Waals surface area contributed by atoms with Gasteiger partial charge in [0, 0.05) is 17.1 Å². The van der Waals surface area contributed by atoms with Gasteiger partial charge in [0.2, 0.25) is 0 Å². The molecule has 0 radical (unpaired) electrons. The second-order valence-corrected chi connectivity index (χ2v) is 4.34. The molecule has 0 aliphatic rings. The van der Waals surface area contributed by atoms with Gasteiger partial charge in [-0.15, -0.1) is 6.58 Å². The van der Waals surface area contributed by atoms with Crippen LogP contribution >= 0.6 is 31.9 Å². The second kappa shape index (κ2) is 5.41. The summed E-state index contributed by atoms with van der Waals surface area (Å²) in [6, 6.07) is 3.88. The maximum absolute atomic E-state index is 5.19.